The summed E-state index contributed by atoms with van der Waals surface area (Å²) in [5, 5.41) is 3.14. The lowest BCUT2D eigenvalue weighted by Gasteiger charge is -2.37. The van der Waals surface area contributed by atoms with Crippen LogP contribution >= 0.6 is 15.9 Å². The molecule has 0 radical (unpaired) electrons. The molecular formula is C15H22BrN3O. The summed E-state index contributed by atoms with van der Waals surface area (Å²) in [6, 6.07) is 7.51. The molecule has 0 bridgehead atoms. The van der Waals surface area contributed by atoms with Crippen LogP contribution in [0.2, 0.25) is 0 Å². The maximum absolute atomic E-state index is 12.3. The van der Waals surface area contributed by atoms with E-state index in [1.54, 1.807) is 0 Å². The van der Waals surface area contributed by atoms with Gasteiger partial charge in [-0.25, -0.2) is 0 Å². The molecule has 4 nitrogen and oxygen atoms in total. The lowest BCUT2D eigenvalue weighted by Crippen LogP contribution is -2.54. The summed E-state index contributed by atoms with van der Waals surface area (Å²) in [5.74, 6) is -0.00271. The van der Waals surface area contributed by atoms with Crippen LogP contribution in [0.25, 0.3) is 0 Å². The number of carbonyl (C=O) groups excluding carboxylic acids is 1. The molecule has 1 aliphatic heterocycles. The summed E-state index contributed by atoms with van der Waals surface area (Å²) < 4.78 is 0.929. The van der Waals surface area contributed by atoms with E-state index in [1.807, 2.05) is 24.3 Å². The molecule has 0 spiro atoms. The van der Waals surface area contributed by atoms with Crippen molar-refractivity contribution in [1.82, 2.24) is 15.1 Å². The second kappa shape index (κ2) is 7.20. The van der Waals surface area contributed by atoms with E-state index in [1.165, 1.54) is 0 Å². The molecule has 110 valence electrons. The fourth-order valence-electron chi connectivity index (χ4n) is 2.45. The summed E-state index contributed by atoms with van der Waals surface area (Å²) in [7, 11) is 2.14. The van der Waals surface area contributed by atoms with Crippen LogP contribution < -0.4 is 5.32 Å². The van der Waals surface area contributed by atoms with E-state index in [-0.39, 0.29) is 12.1 Å². The highest BCUT2D eigenvalue weighted by atomic mass is 79.9. The molecule has 1 saturated heterocycles. The van der Waals surface area contributed by atoms with Crippen molar-refractivity contribution in [3.05, 3.63) is 34.3 Å². The molecule has 2 rings (SSSR count). The molecule has 20 heavy (non-hydrogen) atoms. The number of benzene rings is 1. The minimum Gasteiger partial charge on any atom is -0.337 e. The van der Waals surface area contributed by atoms with Gasteiger partial charge in [-0.2, -0.15) is 0 Å². The van der Waals surface area contributed by atoms with E-state index in [0.717, 1.165) is 37.1 Å². The number of carbonyl (C=O) groups is 1. The summed E-state index contributed by atoms with van der Waals surface area (Å²) in [5.41, 5.74) is 0.701. The Kier molecular flexibility index (Phi) is 5.57. The highest BCUT2D eigenvalue weighted by molar-refractivity contribution is 9.10. The van der Waals surface area contributed by atoms with Crippen LogP contribution in [0, 0.1) is 0 Å². The van der Waals surface area contributed by atoms with Crippen molar-refractivity contribution >= 4 is 21.8 Å². The van der Waals surface area contributed by atoms with Crippen molar-refractivity contribution in [1.29, 1.82) is 0 Å². The van der Waals surface area contributed by atoms with E-state index in [9.17, 15) is 4.79 Å². The number of nitrogens with zero attached hydrogens (tertiary/aromatic N) is 2. The molecule has 1 N–H and O–H groups in total. The van der Waals surface area contributed by atoms with Gasteiger partial charge in [0.2, 0.25) is 0 Å². The van der Waals surface area contributed by atoms with Crippen LogP contribution in [0.5, 0.6) is 0 Å². The predicted molar refractivity (Wildman–Crippen MR) is 84.8 cm³/mol. The Bertz CT molecular complexity index is 458. The first kappa shape index (κ1) is 15.5. The number of piperazine rings is 1. The third-order valence-corrected chi connectivity index (χ3v) is 4.24. The van der Waals surface area contributed by atoms with E-state index < -0.39 is 0 Å². The molecule has 0 aromatic heterocycles. The van der Waals surface area contributed by atoms with Crippen molar-refractivity contribution < 1.29 is 4.79 Å². The average molecular weight is 340 g/mol. The maximum atomic E-state index is 12.3. The van der Waals surface area contributed by atoms with Crippen LogP contribution in [0.3, 0.4) is 0 Å². The van der Waals surface area contributed by atoms with E-state index in [2.05, 4.69) is 45.0 Å². The van der Waals surface area contributed by atoms with Crippen molar-refractivity contribution in [3.8, 4) is 0 Å². The van der Waals surface area contributed by atoms with E-state index in [4.69, 9.17) is 0 Å². The van der Waals surface area contributed by atoms with Crippen molar-refractivity contribution in [2.24, 2.45) is 0 Å². The Morgan fingerprint density at radius 3 is 2.65 bits per heavy atom. The monoisotopic (exact) mass is 339 g/mol. The second-order valence-electron chi connectivity index (χ2n) is 5.25. The first-order chi connectivity index (χ1) is 9.60. The van der Waals surface area contributed by atoms with Gasteiger partial charge in [0.25, 0.3) is 5.91 Å². The number of hydrogen-bond donors (Lipinski definition) is 1. The number of rotatable bonds is 4. The first-order valence-electron chi connectivity index (χ1n) is 7.09. The minimum atomic E-state index is -0.00271. The Morgan fingerprint density at radius 1 is 1.35 bits per heavy atom. The molecule has 5 heteroatoms. The Labute approximate surface area is 129 Å². The third-order valence-electron chi connectivity index (χ3n) is 3.75. The van der Waals surface area contributed by atoms with E-state index >= 15 is 0 Å². The van der Waals surface area contributed by atoms with Gasteiger partial charge in [-0.1, -0.05) is 28.9 Å². The topological polar surface area (TPSA) is 35.6 Å². The molecule has 0 saturated carbocycles. The number of nitrogens with one attached hydrogen (secondary N) is 1. The van der Waals surface area contributed by atoms with Gasteiger partial charge in [0, 0.05) is 36.2 Å². The molecule has 1 unspecified atom stereocenters. The van der Waals surface area contributed by atoms with Crippen LogP contribution in [0.15, 0.2) is 28.7 Å². The van der Waals surface area contributed by atoms with Gasteiger partial charge in [0.1, 0.15) is 0 Å². The summed E-state index contributed by atoms with van der Waals surface area (Å²) in [4.78, 5) is 17.0. The number of hydrogen-bond acceptors (Lipinski definition) is 3. The Hall–Kier alpha value is -0.910. The quantitative estimate of drug-likeness (QED) is 0.913. The van der Waals surface area contributed by atoms with Crippen LogP contribution in [0.1, 0.15) is 23.7 Å². The highest BCUT2D eigenvalue weighted by Gasteiger charge is 2.22. The highest BCUT2D eigenvalue weighted by Crippen LogP contribution is 2.13. The van der Waals surface area contributed by atoms with E-state index in [0.29, 0.717) is 5.56 Å². The first-order valence-corrected chi connectivity index (χ1v) is 7.88. The molecule has 1 atom stereocenters. The number of amides is 1. The largest absolute Gasteiger partial charge is 0.337 e. The molecule has 1 aliphatic rings. The van der Waals surface area contributed by atoms with Gasteiger partial charge in [0.15, 0.2) is 0 Å². The van der Waals surface area contributed by atoms with Crippen LogP contribution in [-0.4, -0.2) is 55.1 Å². The molecule has 0 aliphatic carbocycles. The average Bonchev–Trinajstić information content (AvgIpc) is 2.45. The van der Waals surface area contributed by atoms with Gasteiger partial charge >= 0.3 is 0 Å². The van der Waals surface area contributed by atoms with Gasteiger partial charge in [-0.3, -0.25) is 9.69 Å². The zero-order valence-electron chi connectivity index (χ0n) is 12.1. The SMILES string of the molecule is CCC(NC(=O)c1cccc(Br)c1)N1CCN(C)CC1. The molecular weight excluding hydrogens is 318 g/mol. The van der Waals surface area contributed by atoms with Crippen LogP contribution in [0.4, 0.5) is 0 Å². The standard InChI is InChI=1S/C15H22BrN3O/c1-3-14(19-9-7-18(2)8-10-19)17-15(20)12-5-4-6-13(16)11-12/h4-6,11,14H,3,7-10H2,1-2H3,(H,17,20). The minimum absolute atomic E-state index is 0.00271. The zero-order valence-corrected chi connectivity index (χ0v) is 13.7. The smallest absolute Gasteiger partial charge is 0.252 e. The van der Waals surface area contributed by atoms with Gasteiger partial charge in [0.05, 0.1) is 6.17 Å². The lowest BCUT2D eigenvalue weighted by atomic mass is 10.2. The van der Waals surface area contributed by atoms with Gasteiger partial charge < -0.3 is 10.2 Å². The fraction of sp³-hybridized carbons (Fsp3) is 0.533. The maximum Gasteiger partial charge on any atom is 0.252 e. The fourth-order valence-corrected chi connectivity index (χ4v) is 2.85. The molecule has 1 aromatic carbocycles. The Balaban J connectivity index is 1.97. The van der Waals surface area contributed by atoms with Crippen molar-refractivity contribution in [3.63, 3.8) is 0 Å². The van der Waals surface area contributed by atoms with Gasteiger partial charge in [-0.05, 0) is 31.7 Å². The molecule has 1 heterocycles. The summed E-state index contributed by atoms with van der Waals surface area (Å²) >= 11 is 3.40. The molecule has 1 fully saturated rings. The van der Waals surface area contributed by atoms with Crippen molar-refractivity contribution in [2.75, 3.05) is 33.2 Å². The third kappa shape index (κ3) is 4.04. The Morgan fingerprint density at radius 2 is 2.05 bits per heavy atom. The number of likely N-dealkylation sites (N-methyl/N-ethyl adjacent to an activating group) is 1. The molecule has 1 aromatic rings. The summed E-state index contributed by atoms with van der Waals surface area (Å²) in [6.07, 6.45) is 1.04. The second-order valence-corrected chi connectivity index (χ2v) is 6.16. The normalized spacial score (nSPS) is 18.8. The van der Waals surface area contributed by atoms with Gasteiger partial charge in [-0.15, -0.1) is 0 Å². The molecule has 1 amide bonds. The predicted octanol–water partition coefficient (Wildman–Crippen LogP) is 2.16. The van der Waals surface area contributed by atoms with Crippen LogP contribution in [-0.2, 0) is 0 Å². The summed E-state index contributed by atoms with van der Waals surface area (Å²) in [6.45, 7) is 6.25. The zero-order chi connectivity index (χ0) is 14.5. The number of halogens is 1. The lowest BCUT2D eigenvalue weighted by molar-refractivity contribution is 0.0711. The van der Waals surface area contributed by atoms with Crippen molar-refractivity contribution in [2.45, 2.75) is 19.5 Å².